The first-order valence-corrected chi connectivity index (χ1v) is 15.7. The number of rotatable bonds is 7. The first-order valence-electron chi connectivity index (χ1n) is 15.7. The van der Waals surface area contributed by atoms with E-state index < -0.39 is 43.4 Å². The maximum atomic E-state index is 11.8. The lowest BCUT2D eigenvalue weighted by molar-refractivity contribution is -0.317. The number of methoxy groups -OCH3 is 1. The number of esters is 1. The number of fused-ring (bicyclic) bond motifs is 5. The maximum absolute atomic E-state index is 11.8. The van der Waals surface area contributed by atoms with Gasteiger partial charge in [0.2, 0.25) is 0 Å². The third kappa shape index (κ3) is 5.16. The highest BCUT2D eigenvalue weighted by atomic mass is 16.7. The van der Waals surface area contributed by atoms with Crippen molar-refractivity contribution in [3.05, 3.63) is 0 Å². The Balaban J connectivity index is 1.25. The molecule has 0 bridgehead atoms. The Morgan fingerprint density at radius 3 is 2.33 bits per heavy atom. The molecule has 15 atom stereocenters. The third-order valence-electron chi connectivity index (χ3n) is 12.6. The molecule has 5 fully saturated rings. The Labute approximate surface area is 238 Å². The van der Waals surface area contributed by atoms with Gasteiger partial charge < -0.3 is 39.7 Å². The van der Waals surface area contributed by atoms with Crippen LogP contribution in [0.3, 0.4) is 0 Å². The van der Waals surface area contributed by atoms with Gasteiger partial charge >= 0.3 is 5.97 Å². The number of aliphatic hydroxyl groups is 5. The lowest BCUT2D eigenvalue weighted by Crippen LogP contribution is -2.61. The molecule has 0 unspecified atom stereocenters. The summed E-state index contributed by atoms with van der Waals surface area (Å²) in [5.41, 5.74) is 0.247. The van der Waals surface area contributed by atoms with Gasteiger partial charge in [0.1, 0.15) is 24.4 Å². The number of ether oxygens (including phenoxy) is 3. The molecule has 5 rings (SSSR count). The van der Waals surface area contributed by atoms with E-state index in [1.54, 1.807) is 0 Å². The van der Waals surface area contributed by atoms with Crippen LogP contribution in [0.5, 0.6) is 0 Å². The number of hydrogen-bond donors (Lipinski definition) is 5. The normalized spacial score (nSPS) is 51.3. The summed E-state index contributed by atoms with van der Waals surface area (Å²) in [6.07, 6.45) is 2.17. The highest BCUT2D eigenvalue weighted by Crippen LogP contribution is 2.68. The first-order chi connectivity index (χ1) is 18.9. The lowest BCUT2D eigenvalue weighted by Gasteiger charge is -2.62. The second-order valence-corrected chi connectivity index (χ2v) is 14.3. The van der Waals surface area contributed by atoms with E-state index in [9.17, 15) is 30.3 Å². The first kappa shape index (κ1) is 30.6. The second kappa shape index (κ2) is 11.7. The van der Waals surface area contributed by atoms with E-state index in [0.717, 1.165) is 32.1 Å². The molecule has 9 nitrogen and oxygen atoms in total. The molecular formula is C31H52O9. The summed E-state index contributed by atoms with van der Waals surface area (Å²) in [7, 11) is 1.46. The quantitative estimate of drug-likeness (QED) is 0.231. The molecule has 0 spiro atoms. The summed E-state index contributed by atoms with van der Waals surface area (Å²) in [5, 5.41) is 51.9. The molecular weight excluding hydrogens is 516 g/mol. The van der Waals surface area contributed by atoms with Gasteiger partial charge in [0.05, 0.1) is 25.9 Å². The minimum Gasteiger partial charge on any atom is -0.469 e. The lowest BCUT2D eigenvalue weighted by atomic mass is 9.43. The number of carbonyl (C=O) groups excluding carboxylic acids is 1. The summed E-state index contributed by atoms with van der Waals surface area (Å²) in [6.45, 7) is 6.67. The SMILES string of the molecule is COC(=O)CC[C@@H](C)[C@H]1CC[C@H]2[C@@H]3C[C@H](O)[C@@H]4C[C@H](O[C@@H]5O[C@H](CO)[C@@H](O)[C@H](O)[C@H]5O)CC[C@]4(C)[C@H]3CC[C@]12C. The molecule has 0 amide bonds. The van der Waals surface area contributed by atoms with Crippen molar-refractivity contribution in [2.45, 2.75) is 128 Å². The van der Waals surface area contributed by atoms with Crippen molar-refractivity contribution in [2.24, 2.45) is 46.3 Å². The van der Waals surface area contributed by atoms with E-state index in [1.165, 1.54) is 26.4 Å². The Morgan fingerprint density at radius 2 is 1.62 bits per heavy atom. The second-order valence-electron chi connectivity index (χ2n) is 14.3. The Kier molecular flexibility index (Phi) is 8.96. The molecule has 0 aromatic heterocycles. The zero-order valence-electron chi connectivity index (χ0n) is 24.7. The van der Waals surface area contributed by atoms with Crippen molar-refractivity contribution < 1.29 is 44.5 Å². The predicted molar refractivity (Wildman–Crippen MR) is 146 cm³/mol. The van der Waals surface area contributed by atoms with E-state index in [4.69, 9.17) is 14.2 Å². The van der Waals surface area contributed by atoms with E-state index >= 15 is 0 Å². The molecule has 40 heavy (non-hydrogen) atoms. The van der Waals surface area contributed by atoms with Gasteiger partial charge in [-0.3, -0.25) is 4.79 Å². The fraction of sp³-hybridized carbons (Fsp3) is 0.968. The van der Waals surface area contributed by atoms with Crippen molar-refractivity contribution in [1.29, 1.82) is 0 Å². The Bertz CT molecular complexity index is 898. The van der Waals surface area contributed by atoms with Gasteiger partial charge in [-0.25, -0.2) is 0 Å². The van der Waals surface area contributed by atoms with Crippen LogP contribution in [0.1, 0.15) is 85.0 Å². The molecule has 1 aliphatic heterocycles. The highest BCUT2D eigenvalue weighted by Gasteiger charge is 2.62. The average molecular weight is 569 g/mol. The van der Waals surface area contributed by atoms with Gasteiger partial charge in [0.25, 0.3) is 0 Å². The molecule has 4 saturated carbocycles. The van der Waals surface area contributed by atoms with E-state index in [1.807, 2.05) is 0 Å². The summed E-state index contributed by atoms with van der Waals surface area (Å²) in [4.78, 5) is 11.8. The monoisotopic (exact) mass is 568 g/mol. The van der Waals surface area contributed by atoms with Crippen LogP contribution in [-0.2, 0) is 19.0 Å². The number of carbonyl (C=O) groups is 1. The van der Waals surface area contributed by atoms with Crippen LogP contribution in [0.2, 0.25) is 0 Å². The molecule has 5 N–H and O–H groups in total. The minimum absolute atomic E-state index is 0.00743. The average Bonchev–Trinajstić information content (AvgIpc) is 3.30. The fourth-order valence-corrected chi connectivity index (χ4v) is 10.4. The smallest absolute Gasteiger partial charge is 0.305 e. The van der Waals surface area contributed by atoms with Gasteiger partial charge in [0.15, 0.2) is 6.29 Å². The van der Waals surface area contributed by atoms with Gasteiger partial charge in [-0.15, -0.1) is 0 Å². The van der Waals surface area contributed by atoms with Crippen LogP contribution in [0.15, 0.2) is 0 Å². The van der Waals surface area contributed by atoms with Gasteiger partial charge in [-0.2, -0.15) is 0 Å². The Morgan fingerprint density at radius 1 is 0.925 bits per heavy atom. The van der Waals surface area contributed by atoms with Crippen LogP contribution in [0, 0.1) is 46.3 Å². The molecule has 4 aliphatic carbocycles. The molecule has 5 aliphatic rings. The van der Waals surface area contributed by atoms with Gasteiger partial charge in [0, 0.05) is 6.42 Å². The van der Waals surface area contributed by atoms with Crippen molar-refractivity contribution in [3.63, 3.8) is 0 Å². The molecule has 0 aromatic rings. The van der Waals surface area contributed by atoms with Crippen LogP contribution in [0.4, 0.5) is 0 Å². The number of hydrogen-bond acceptors (Lipinski definition) is 9. The van der Waals surface area contributed by atoms with Crippen molar-refractivity contribution in [1.82, 2.24) is 0 Å². The highest BCUT2D eigenvalue weighted by molar-refractivity contribution is 5.69. The molecule has 230 valence electrons. The number of aliphatic hydroxyl groups excluding tert-OH is 5. The Hall–Kier alpha value is -0.810. The van der Waals surface area contributed by atoms with E-state index in [2.05, 4.69) is 20.8 Å². The zero-order chi connectivity index (χ0) is 29.0. The molecule has 9 heteroatoms. The summed E-state index contributed by atoms with van der Waals surface area (Å²) >= 11 is 0. The van der Waals surface area contributed by atoms with Crippen molar-refractivity contribution in [3.8, 4) is 0 Å². The van der Waals surface area contributed by atoms with Crippen LogP contribution in [-0.4, -0.2) is 88.1 Å². The molecule has 1 heterocycles. The largest absolute Gasteiger partial charge is 0.469 e. The fourth-order valence-electron chi connectivity index (χ4n) is 10.4. The van der Waals surface area contributed by atoms with E-state index in [-0.39, 0.29) is 28.8 Å². The predicted octanol–water partition coefficient (Wildman–Crippen LogP) is 2.39. The summed E-state index contributed by atoms with van der Waals surface area (Å²) < 4.78 is 16.6. The maximum Gasteiger partial charge on any atom is 0.305 e. The van der Waals surface area contributed by atoms with Crippen molar-refractivity contribution in [2.75, 3.05) is 13.7 Å². The van der Waals surface area contributed by atoms with Crippen LogP contribution >= 0.6 is 0 Å². The van der Waals surface area contributed by atoms with Crippen molar-refractivity contribution >= 4 is 5.97 Å². The standard InChI is InChI=1S/C31H52O9/c1-16(5-8-25(34)38-4)19-6-7-20-18-14-23(33)22-13-17(9-11-31(22,3)21(18)10-12-30(19,20)2)39-29-28(37)27(36)26(35)24(15-32)40-29/h16-24,26-29,32-33,35-37H,5-15H2,1-4H3/t16-,17-,18+,19-,20+,21+,22+,23+,24-,26-,27+,28-,29-,30-,31-/m1/s1. The molecule has 0 aromatic carbocycles. The molecule has 0 radical (unpaired) electrons. The molecule has 1 saturated heterocycles. The van der Waals surface area contributed by atoms with E-state index in [0.29, 0.717) is 42.4 Å². The minimum atomic E-state index is -1.46. The third-order valence-corrected chi connectivity index (χ3v) is 12.6. The zero-order valence-corrected chi connectivity index (χ0v) is 24.7. The topological polar surface area (TPSA) is 146 Å². The van der Waals surface area contributed by atoms with Crippen LogP contribution in [0.25, 0.3) is 0 Å². The summed E-state index contributed by atoms with van der Waals surface area (Å²) in [6, 6.07) is 0. The summed E-state index contributed by atoms with van der Waals surface area (Å²) in [5.74, 6) is 2.65. The van der Waals surface area contributed by atoms with Gasteiger partial charge in [-0.05, 0) is 104 Å². The van der Waals surface area contributed by atoms with Crippen LogP contribution < -0.4 is 0 Å². The van der Waals surface area contributed by atoms with Gasteiger partial charge in [-0.1, -0.05) is 20.8 Å².